The Bertz CT molecular complexity index is 239. The fourth-order valence-electron chi connectivity index (χ4n) is 3.03. The molecule has 0 amide bonds. The molecule has 0 N–H and O–H groups in total. The lowest BCUT2D eigenvalue weighted by molar-refractivity contribution is -0.165. The quantitative estimate of drug-likeness (QED) is 0.621. The van der Waals surface area contributed by atoms with Crippen LogP contribution in [-0.4, -0.2) is 12.1 Å². The number of cyclic esters (lactones) is 1. The highest BCUT2D eigenvalue weighted by molar-refractivity contribution is 5.71. The van der Waals surface area contributed by atoms with Gasteiger partial charge in [-0.1, -0.05) is 33.1 Å². The average Bonchev–Trinajstić information content (AvgIpc) is 2.16. The molecule has 1 saturated heterocycles. The van der Waals surface area contributed by atoms with E-state index in [0.29, 0.717) is 12.3 Å². The predicted molar refractivity (Wildman–Crippen MR) is 59.5 cm³/mol. The van der Waals surface area contributed by atoms with Crippen molar-refractivity contribution >= 4 is 5.97 Å². The Morgan fingerprint density at radius 1 is 1.20 bits per heavy atom. The van der Waals surface area contributed by atoms with Crippen LogP contribution in [0.5, 0.6) is 0 Å². The van der Waals surface area contributed by atoms with E-state index in [4.69, 9.17) is 4.74 Å². The molecule has 15 heavy (non-hydrogen) atoms. The standard InChI is InChI=1S/C13H22O2/c1-13(2)8-11(15-12(14)9-13)10-6-4-3-5-7-10/h10-11H,3-9H2,1-2H3. The van der Waals surface area contributed by atoms with Gasteiger partial charge in [0.2, 0.25) is 0 Å². The summed E-state index contributed by atoms with van der Waals surface area (Å²) in [5, 5.41) is 0. The molecule has 0 aromatic rings. The molecule has 0 bridgehead atoms. The van der Waals surface area contributed by atoms with Crippen molar-refractivity contribution in [2.45, 2.75) is 64.9 Å². The van der Waals surface area contributed by atoms with E-state index in [1.807, 2.05) is 0 Å². The highest BCUT2D eigenvalue weighted by Gasteiger charge is 2.38. The molecule has 1 saturated carbocycles. The molecule has 2 nitrogen and oxygen atoms in total. The predicted octanol–water partition coefficient (Wildman–Crippen LogP) is 3.30. The first-order valence-electron chi connectivity index (χ1n) is 6.26. The summed E-state index contributed by atoms with van der Waals surface area (Å²) >= 11 is 0. The van der Waals surface area contributed by atoms with Gasteiger partial charge in [-0.15, -0.1) is 0 Å². The molecule has 86 valence electrons. The molecule has 0 aromatic carbocycles. The molecule has 0 aromatic heterocycles. The van der Waals surface area contributed by atoms with E-state index in [-0.39, 0.29) is 17.5 Å². The number of carbonyl (C=O) groups excluding carboxylic acids is 1. The summed E-state index contributed by atoms with van der Waals surface area (Å²) in [6.07, 6.45) is 8.38. The minimum absolute atomic E-state index is 0.0156. The molecule has 0 spiro atoms. The van der Waals surface area contributed by atoms with Crippen LogP contribution in [-0.2, 0) is 9.53 Å². The monoisotopic (exact) mass is 210 g/mol. The largest absolute Gasteiger partial charge is 0.462 e. The van der Waals surface area contributed by atoms with E-state index in [1.165, 1.54) is 32.1 Å². The minimum atomic E-state index is 0.0156. The van der Waals surface area contributed by atoms with Crippen LogP contribution in [0.1, 0.15) is 58.8 Å². The normalized spacial score (nSPS) is 32.4. The van der Waals surface area contributed by atoms with Crippen molar-refractivity contribution < 1.29 is 9.53 Å². The smallest absolute Gasteiger partial charge is 0.306 e. The van der Waals surface area contributed by atoms with Crippen LogP contribution in [0.15, 0.2) is 0 Å². The van der Waals surface area contributed by atoms with Gasteiger partial charge in [0.15, 0.2) is 0 Å². The van der Waals surface area contributed by atoms with Crippen molar-refractivity contribution in [2.75, 3.05) is 0 Å². The highest BCUT2D eigenvalue weighted by Crippen LogP contribution is 2.39. The van der Waals surface area contributed by atoms with Crippen LogP contribution in [0, 0.1) is 11.3 Å². The Labute approximate surface area is 92.4 Å². The van der Waals surface area contributed by atoms with Crippen LogP contribution >= 0.6 is 0 Å². The third-order valence-corrected chi connectivity index (χ3v) is 3.84. The molecule has 0 radical (unpaired) electrons. The number of hydrogen-bond donors (Lipinski definition) is 0. The summed E-state index contributed by atoms with van der Waals surface area (Å²) in [4.78, 5) is 11.5. The maximum absolute atomic E-state index is 11.5. The van der Waals surface area contributed by atoms with Crippen molar-refractivity contribution in [3.63, 3.8) is 0 Å². The molecule has 1 unspecified atom stereocenters. The number of carbonyl (C=O) groups is 1. The van der Waals surface area contributed by atoms with Crippen molar-refractivity contribution in [2.24, 2.45) is 11.3 Å². The molecule has 1 atom stereocenters. The molecule has 1 aliphatic carbocycles. The van der Waals surface area contributed by atoms with E-state index >= 15 is 0 Å². The maximum Gasteiger partial charge on any atom is 0.306 e. The second-order valence-corrected chi connectivity index (χ2v) is 5.97. The number of esters is 1. The second-order valence-electron chi connectivity index (χ2n) is 5.97. The van der Waals surface area contributed by atoms with Crippen LogP contribution in [0.25, 0.3) is 0 Å². The Morgan fingerprint density at radius 2 is 1.87 bits per heavy atom. The molecule has 2 fully saturated rings. The third kappa shape index (κ3) is 2.73. The fourth-order valence-corrected chi connectivity index (χ4v) is 3.03. The number of hydrogen-bond acceptors (Lipinski definition) is 2. The summed E-state index contributed by atoms with van der Waals surface area (Å²) in [6, 6.07) is 0. The van der Waals surface area contributed by atoms with Crippen molar-refractivity contribution in [1.82, 2.24) is 0 Å². The average molecular weight is 210 g/mol. The number of rotatable bonds is 1. The van der Waals surface area contributed by atoms with Gasteiger partial charge in [0.1, 0.15) is 6.10 Å². The van der Waals surface area contributed by atoms with E-state index in [1.54, 1.807) is 0 Å². The van der Waals surface area contributed by atoms with Crippen LogP contribution in [0.4, 0.5) is 0 Å². The van der Waals surface area contributed by atoms with Crippen molar-refractivity contribution in [3.05, 3.63) is 0 Å². The topological polar surface area (TPSA) is 26.3 Å². The summed E-state index contributed by atoms with van der Waals surface area (Å²) in [5.74, 6) is 0.657. The van der Waals surface area contributed by atoms with E-state index in [0.717, 1.165) is 6.42 Å². The molecule has 2 aliphatic rings. The lowest BCUT2D eigenvalue weighted by Crippen LogP contribution is -2.39. The summed E-state index contributed by atoms with van der Waals surface area (Å²) in [6.45, 7) is 4.37. The van der Waals surface area contributed by atoms with E-state index < -0.39 is 0 Å². The summed E-state index contributed by atoms with van der Waals surface area (Å²) in [5.41, 5.74) is 0.150. The van der Waals surface area contributed by atoms with E-state index in [9.17, 15) is 4.79 Å². The summed E-state index contributed by atoms with van der Waals surface area (Å²) < 4.78 is 5.52. The zero-order chi connectivity index (χ0) is 10.9. The lowest BCUT2D eigenvalue weighted by atomic mass is 9.75. The number of ether oxygens (including phenoxy) is 1. The molecular weight excluding hydrogens is 188 g/mol. The molecule has 1 aliphatic heterocycles. The Kier molecular flexibility index (Phi) is 3.03. The zero-order valence-electron chi connectivity index (χ0n) is 9.92. The van der Waals surface area contributed by atoms with Gasteiger partial charge in [-0.3, -0.25) is 4.79 Å². The third-order valence-electron chi connectivity index (χ3n) is 3.84. The Morgan fingerprint density at radius 3 is 2.47 bits per heavy atom. The molecule has 2 rings (SSSR count). The van der Waals surface area contributed by atoms with Crippen molar-refractivity contribution in [3.8, 4) is 0 Å². The Hall–Kier alpha value is -0.530. The van der Waals surface area contributed by atoms with Crippen LogP contribution < -0.4 is 0 Å². The van der Waals surface area contributed by atoms with Gasteiger partial charge in [-0.05, 0) is 30.6 Å². The maximum atomic E-state index is 11.5. The first-order valence-corrected chi connectivity index (χ1v) is 6.26. The van der Waals surface area contributed by atoms with Gasteiger partial charge in [0.05, 0.1) is 6.42 Å². The molecular formula is C13H22O2. The molecule has 1 heterocycles. The van der Waals surface area contributed by atoms with Gasteiger partial charge in [0.25, 0.3) is 0 Å². The zero-order valence-corrected chi connectivity index (χ0v) is 9.92. The van der Waals surface area contributed by atoms with Gasteiger partial charge in [-0.25, -0.2) is 0 Å². The van der Waals surface area contributed by atoms with Crippen LogP contribution in [0.3, 0.4) is 0 Å². The lowest BCUT2D eigenvalue weighted by Gasteiger charge is -2.39. The highest BCUT2D eigenvalue weighted by atomic mass is 16.5. The summed E-state index contributed by atoms with van der Waals surface area (Å²) in [7, 11) is 0. The van der Waals surface area contributed by atoms with Gasteiger partial charge < -0.3 is 4.74 Å². The SMILES string of the molecule is CC1(C)CC(=O)OC(C2CCCCC2)C1. The minimum Gasteiger partial charge on any atom is -0.462 e. The fraction of sp³-hybridized carbons (Fsp3) is 0.923. The second kappa shape index (κ2) is 4.15. The Balaban J connectivity index is 1.98. The van der Waals surface area contributed by atoms with Gasteiger partial charge >= 0.3 is 5.97 Å². The van der Waals surface area contributed by atoms with E-state index in [2.05, 4.69) is 13.8 Å². The van der Waals surface area contributed by atoms with Crippen LogP contribution in [0.2, 0.25) is 0 Å². The molecule has 2 heteroatoms. The first kappa shape index (κ1) is 11.0. The van der Waals surface area contributed by atoms with Gasteiger partial charge in [-0.2, -0.15) is 0 Å². The first-order chi connectivity index (χ1) is 7.07. The van der Waals surface area contributed by atoms with Gasteiger partial charge in [0, 0.05) is 0 Å². The van der Waals surface area contributed by atoms with Crippen molar-refractivity contribution in [1.29, 1.82) is 0 Å².